The number of aryl methyl sites for hydroxylation is 2. The lowest BCUT2D eigenvalue weighted by molar-refractivity contribution is 0.630. The Bertz CT molecular complexity index is 580. The van der Waals surface area contributed by atoms with Crippen LogP contribution in [0.3, 0.4) is 0 Å². The molecule has 19 heavy (non-hydrogen) atoms. The van der Waals surface area contributed by atoms with Crippen LogP contribution in [0.2, 0.25) is 5.02 Å². The molecule has 2 aromatic rings. The van der Waals surface area contributed by atoms with Crippen molar-refractivity contribution in [2.24, 2.45) is 0 Å². The number of hydrogen-bond acceptors (Lipinski definition) is 2. The van der Waals surface area contributed by atoms with Gasteiger partial charge in [-0.15, -0.1) is 11.3 Å². The lowest BCUT2D eigenvalue weighted by atomic mass is 9.98. The van der Waals surface area contributed by atoms with Crippen LogP contribution in [-0.2, 0) is 0 Å². The monoisotopic (exact) mass is 357 g/mol. The van der Waals surface area contributed by atoms with Crippen LogP contribution in [0.5, 0.6) is 0 Å². The summed E-state index contributed by atoms with van der Waals surface area (Å²) in [5.74, 6) is 0. The average molecular weight is 359 g/mol. The summed E-state index contributed by atoms with van der Waals surface area (Å²) in [4.78, 5) is 1.31. The number of benzene rings is 1. The van der Waals surface area contributed by atoms with Gasteiger partial charge in [0.05, 0.1) is 9.83 Å². The molecule has 1 N–H and O–H groups in total. The Morgan fingerprint density at radius 1 is 1.26 bits per heavy atom. The zero-order chi connectivity index (χ0) is 14.0. The second kappa shape index (κ2) is 6.40. The Morgan fingerprint density at radius 3 is 2.53 bits per heavy atom. The molecule has 0 aliphatic carbocycles. The Morgan fingerprint density at radius 2 is 2.00 bits per heavy atom. The van der Waals surface area contributed by atoms with Gasteiger partial charge >= 0.3 is 0 Å². The van der Waals surface area contributed by atoms with Crippen LogP contribution in [0.1, 0.15) is 34.5 Å². The minimum Gasteiger partial charge on any atom is -0.306 e. The number of hydrogen-bond donors (Lipinski definition) is 1. The van der Waals surface area contributed by atoms with Crippen molar-refractivity contribution in [2.45, 2.75) is 26.8 Å². The van der Waals surface area contributed by atoms with E-state index in [0.717, 1.165) is 20.9 Å². The van der Waals surface area contributed by atoms with E-state index in [9.17, 15) is 0 Å². The van der Waals surface area contributed by atoms with Crippen molar-refractivity contribution in [3.63, 3.8) is 0 Å². The molecule has 0 saturated heterocycles. The highest BCUT2D eigenvalue weighted by molar-refractivity contribution is 9.11. The lowest BCUT2D eigenvalue weighted by Crippen LogP contribution is -2.22. The first-order valence-corrected chi connectivity index (χ1v) is 8.27. The van der Waals surface area contributed by atoms with Crippen molar-refractivity contribution in [3.05, 3.63) is 54.6 Å². The highest BCUT2D eigenvalue weighted by atomic mass is 79.9. The first kappa shape index (κ1) is 15.0. The number of thiophene rings is 1. The third kappa shape index (κ3) is 3.40. The van der Waals surface area contributed by atoms with Gasteiger partial charge in [-0.2, -0.15) is 0 Å². The van der Waals surface area contributed by atoms with Crippen molar-refractivity contribution >= 4 is 38.9 Å². The Hall–Kier alpha value is -0.350. The summed E-state index contributed by atoms with van der Waals surface area (Å²) in [6.45, 7) is 7.23. The summed E-state index contributed by atoms with van der Waals surface area (Å²) < 4.78 is 1.16. The van der Waals surface area contributed by atoms with Crippen LogP contribution in [0.15, 0.2) is 28.1 Å². The molecule has 102 valence electrons. The fourth-order valence-electron chi connectivity index (χ4n) is 2.20. The lowest BCUT2D eigenvalue weighted by Gasteiger charge is -2.20. The number of rotatable bonds is 4. The fourth-order valence-corrected chi connectivity index (χ4v) is 4.30. The van der Waals surface area contributed by atoms with E-state index in [-0.39, 0.29) is 6.04 Å². The van der Waals surface area contributed by atoms with E-state index < -0.39 is 0 Å². The summed E-state index contributed by atoms with van der Waals surface area (Å²) in [7, 11) is 0. The maximum Gasteiger partial charge on any atom is 0.0704 e. The van der Waals surface area contributed by atoms with Crippen molar-refractivity contribution in [3.8, 4) is 0 Å². The molecule has 0 aliphatic heterocycles. The number of nitrogens with one attached hydrogen (secondary N) is 1. The van der Waals surface area contributed by atoms with Gasteiger partial charge in [0.1, 0.15) is 0 Å². The standard InChI is InChI=1S/C15H17BrClNS/c1-4-18-15(12-8-14(16)19-10(12)3)11-6-5-9(2)7-13(11)17/h5-8,15,18H,4H2,1-3H3. The molecule has 1 aromatic heterocycles. The van der Waals surface area contributed by atoms with Gasteiger partial charge in [-0.25, -0.2) is 0 Å². The summed E-state index contributed by atoms with van der Waals surface area (Å²) >= 11 is 11.7. The second-order valence-electron chi connectivity index (χ2n) is 4.58. The molecule has 0 radical (unpaired) electrons. The first-order chi connectivity index (χ1) is 9.02. The predicted molar refractivity (Wildman–Crippen MR) is 88.5 cm³/mol. The Kier molecular flexibility index (Phi) is 5.07. The Labute approximate surface area is 132 Å². The molecular formula is C15H17BrClNS. The van der Waals surface area contributed by atoms with Gasteiger partial charge in [0.25, 0.3) is 0 Å². The SMILES string of the molecule is CCNC(c1ccc(C)cc1Cl)c1cc(Br)sc1C. The molecule has 1 atom stereocenters. The summed E-state index contributed by atoms with van der Waals surface area (Å²) in [6, 6.07) is 8.60. The molecule has 0 aliphatic rings. The third-order valence-corrected chi connectivity index (χ3v) is 5.01. The summed E-state index contributed by atoms with van der Waals surface area (Å²) in [6.07, 6.45) is 0. The van der Waals surface area contributed by atoms with Crippen LogP contribution in [0.25, 0.3) is 0 Å². The number of halogens is 2. The largest absolute Gasteiger partial charge is 0.306 e. The molecule has 0 saturated carbocycles. The summed E-state index contributed by atoms with van der Waals surface area (Å²) in [5.41, 5.74) is 3.62. The van der Waals surface area contributed by atoms with E-state index in [2.05, 4.69) is 60.2 Å². The van der Waals surface area contributed by atoms with Crippen LogP contribution in [0, 0.1) is 13.8 Å². The van der Waals surface area contributed by atoms with Crippen LogP contribution in [0.4, 0.5) is 0 Å². The topological polar surface area (TPSA) is 12.0 Å². The molecule has 1 nitrogen and oxygen atoms in total. The fraction of sp³-hybridized carbons (Fsp3) is 0.333. The quantitative estimate of drug-likeness (QED) is 0.763. The van der Waals surface area contributed by atoms with Gasteiger partial charge in [-0.3, -0.25) is 0 Å². The smallest absolute Gasteiger partial charge is 0.0704 e. The molecule has 2 rings (SSSR count). The van der Waals surface area contributed by atoms with Crippen LogP contribution < -0.4 is 5.32 Å². The summed E-state index contributed by atoms with van der Waals surface area (Å²) in [5, 5.41) is 4.36. The predicted octanol–water partition coefficient (Wildman–Crippen LogP) is 5.48. The molecule has 0 bridgehead atoms. The van der Waals surface area contributed by atoms with E-state index in [0.29, 0.717) is 0 Å². The van der Waals surface area contributed by atoms with E-state index in [1.165, 1.54) is 16.0 Å². The van der Waals surface area contributed by atoms with Crippen molar-refractivity contribution in [1.82, 2.24) is 5.32 Å². The Balaban J connectivity index is 2.48. The van der Waals surface area contributed by atoms with Gasteiger partial charge in [0.15, 0.2) is 0 Å². The minimum absolute atomic E-state index is 0.153. The van der Waals surface area contributed by atoms with Crippen LogP contribution >= 0.6 is 38.9 Å². The molecule has 0 spiro atoms. The van der Waals surface area contributed by atoms with E-state index in [4.69, 9.17) is 11.6 Å². The molecular weight excluding hydrogens is 342 g/mol. The van der Waals surface area contributed by atoms with Crippen LogP contribution in [-0.4, -0.2) is 6.54 Å². The van der Waals surface area contributed by atoms with Gasteiger partial charge in [0, 0.05) is 9.90 Å². The highest BCUT2D eigenvalue weighted by Gasteiger charge is 2.19. The van der Waals surface area contributed by atoms with Gasteiger partial charge in [-0.1, -0.05) is 30.7 Å². The highest BCUT2D eigenvalue weighted by Crippen LogP contribution is 2.36. The van der Waals surface area contributed by atoms with E-state index >= 15 is 0 Å². The normalized spacial score (nSPS) is 12.7. The second-order valence-corrected chi connectivity index (χ2v) is 7.62. The minimum atomic E-state index is 0.153. The zero-order valence-corrected chi connectivity index (χ0v) is 14.4. The van der Waals surface area contributed by atoms with Crippen molar-refractivity contribution in [1.29, 1.82) is 0 Å². The first-order valence-electron chi connectivity index (χ1n) is 6.28. The molecule has 1 aromatic carbocycles. The van der Waals surface area contributed by atoms with E-state index in [1.807, 2.05) is 6.07 Å². The van der Waals surface area contributed by atoms with E-state index in [1.54, 1.807) is 11.3 Å². The third-order valence-electron chi connectivity index (χ3n) is 3.11. The maximum atomic E-state index is 6.42. The molecule has 1 heterocycles. The average Bonchev–Trinajstić information content (AvgIpc) is 2.66. The molecule has 0 fully saturated rings. The molecule has 0 amide bonds. The maximum absolute atomic E-state index is 6.42. The zero-order valence-electron chi connectivity index (χ0n) is 11.3. The van der Waals surface area contributed by atoms with Crippen molar-refractivity contribution < 1.29 is 0 Å². The molecule has 1 unspecified atom stereocenters. The van der Waals surface area contributed by atoms with Crippen molar-refractivity contribution in [2.75, 3.05) is 6.54 Å². The van der Waals surface area contributed by atoms with Gasteiger partial charge in [-0.05, 0) is 65.1 Å². The van der Waals surface area contributed by atoms with Gasteiger partial charge in [0.2, 0.25) is 0 Å². The molecule has 4 heteroatoms. The van der Waals surface area contributed by atoms with Gasteiger partial charge < -0.3 is 5.32 Å².